The molecular weight excluding hydrogens is 444 g/mol. The van der Waals surface area contributed by atoms with Gasteiger partial charge in [0.1, 0.15) is 12.5 Å². The molecule has 1 heterocycles. The van der Waals surface area contributed by atoms with E-state index in [1.54, 1.807) is 29.8 Å². The number of carbonyl (C=O) groups excluding carboxylic acids is 1. The van der Waals surface area contributed by atoms with Crippen molar-refractivity contribution in [1.82, 2.24) is 9.78 Å². The van der Waals surface area contributed by atoms with Crippen LogP contribution in [-0.2, 0) is 25.9 Å². The Hall–Kier alpha value is -2.29. The number of aromatic nitrogens is 2. The molecule has 1 aromatic heterocycles. The zero-order valence-electron chi connectivity index (χ0n) is 16.8. The number of benzene rings is 2. The van der Waals surface area contributed by atoms with Crippen molar-refractivity contribution in [2.45, 2.75) is 18.4 Å². The van der Waals surface area contributed by atoms with Gasteiger partial charge in [-0.2, -0.15) is 5.10 Å². The van der Waals surface area contributed by atoms with Crippen LogP contribution in [0.15, 0.2) is 53.4 Å². The maximum Gasteiger partial charge on any atom is 0.328 e. The normalized spacial score (nSPS) is 11.5. The molecule has 6 nitrogen and oxygen atoms in total. The molecule has 0 bridgehead atoms. The van der Waals surface area contributed by atoms with Gasteiger partial charge in [0, 0.05) is 11.8 Å². The second kappa shape index (κ2) is 9.24. The fourth-order valence-corrected chi connectivity index (χ4v) is 4.13. The standard InChI is InChI=1S/C21H21ClN2O4S2/c1-14-20(22)21(24(23-14)12-19(25)28-13-29-2)16-9-7-15(8-10-16)17-5-4-6-18(11-17)30(3,26)27/h4-11H,12-13H2,1-3H3. The zero-order chi connectivity index (χ0) is 21.9. The molecule has 0 aliphatic rings. The maximum atomic E-state index is 12.0. The van der Waals surface area contributed by atoms with E-state index in [1.165, 1.54) is 18.0 Å². The summed E-state index contributed by atoms with van der Waals surface area (Å²) in [5.74, 6) is -0.109. The van der Waals surface area contributed by atoms with E-state index in [-0.39, 0.29) is 23.3 Å². The van der Waals surface area contributed by atoms with E-state index in [9.17, 15) is 13.2 Å². The van der Waals surface area contributed by atoms with Gasteiger partial charge in [0.15, 0.2) is 9.84 Å². The quantitative estimate of drug-likeness (QED) is 0.380. The average molecular weight is 465 g/mol. The topological polar surface area (TPSA) is 78.3 Å². The molecule has 3 aromatic rings. The van der Waals surface area contributed by atoms with Crippen LogP contribution in [-0.4, -0.2) is 42.6 Å². The molecule has 0 aliphatic carbocycles. The van der Waals surface area contributed by atoms with Crippen LogP contribution in [0, 0.1) is 6.92 Å². The monoisotopic (exact) mass is 464 g/mol. The number of thioether (sulfide) groups is 1. The molecule has 0 radical (unpaired) electrons. The summed E-state index contributed by atoms with van der Waals surface area (Å²) in [6.45, 7) is 1.74. The SMILES string of the molecule is CSCOC(=O)Cn1nc(C)c(Cl)c1-c1ccc(-c2cccc(S(C)(=O)=O)c2)cc1. The van der Waals surface area contributed by atoms with Crippen LogP contribution in [0.1, 0.15) is 5.69 Å². The molecule has 0 aliphatic heterocycles. The summed E-state index contributed by atoms with van der Waals surface area (Å²) >= 11 is 7.87. The Bertz CT molecular complexity index is 1170. The molecule has 0 spiro atoms. The molecular formula is C21H21ClN2O4S2. The molecule has 0 atom stereocenters. The highest BCUT2D eigenvalue weighted by molar-refractivity contribution is 7.98. The summed E-state index contributed by atoms with van der Waals surface area (Å²) in [5, 5.41) is 4.84. The first kappa shape index (κ1) is 22.4. The van der Waals surface area contributed by atoms with Crippen LogP contribution >= 0.6 is 23.4 Å². The Morgan fingerprint density at radius 3 is 2.43 bits per heavy atom. The fraction of sp³-hybridized carbons (Fsp3) is 0.238. The van der Waals surface area contributed by atoms with Gasteiger partial charge in [-0.25, -0.2) is 8.42 Å². The van der Waals surface area contributed by atoms with Crippen LogP contribution in [0.2, 0.25) is 5.02 Å². The molecule has 158 valence electrons. The molecule has 30 heavy (non-hydrogen) atoms. The molecule has 0 amide bonds. The van der Waals surface area contributed by atoms with Gasteiger partial charge in [0.05, 0.1) is 21.3 Å². The van der Waals surface area contributed by atoms with Crippen LogP contribution in [0.3, 0.4) is 0 Å². The number of halogens is 1. The Kier molecular flexibility index (Phi) is 6.90. The van der Waals surface area contributed by atoms with E-state index in [0.29, 0.717) is 16.4 Å². The lowest BCUT2D eigenvalue weighted by atomic mass is 10.0. The van der Waals surface area contributed by atoms with Crippen molar-refractivity contribution in [2.24, 2.45) is 0 Å². The molecule has 0 saturated heterocycles. The van der Waals surface area contributed by atoms with E-state index in [0.717, 1.165) is 16.7 Å². The van der Waals surface area contributed by atoms with E-state index in [1.807, 2.05) is 36.6 Å². The number of rotatable bonds is 7. The number of nitrogens with zero attached hydrogens (tertiary/aromatic N) is 2. The lowest BCUT2D eigenvalue weighted by Crippen LogP contribution is -2.15. The van der Waals surface area contributed by atoms with Gasteiger partial charge in [-0.1, -0.05) is 48.0 Å². The predicted octanol–water partition coefficient (Wildman–Crippen LogP) is 4.45. The average Bonchev–Trinajstić information content (AvgIpc) is 2.99. The Labute approximate surface area is 185 Å². The number of hydrogen-bond acceptors (Lipinski definition) is 6. The van der Waals surface area contributed by atoms with Crippen LogP contribution in [0.4, 0.5) is 0 Å². The van der Waals surface area contributed by atoms with Gasteiger partial charge < -0.3 is 4.74 Å². The first-order valence-electron chi connectivity index (χ1n) is 8.99. The fourth-order valence-electron chi connectivity index (χ4n) is 2.97. The van der Waals surface area contributed by atoms with Crippen molar-refractivity contribution in [3.8, 4) is 22.4 Å². The molecule has 0 fully saturated rings. The highest BCUT2D eigenvalue weighted by Gasteiger charge is 2.18. The third kappa shape index (κ3) is 5.06. The van der Waals surface area contributed by atoms with Crippen molar-refractivity contribution in [1.29, 1.82) is 0 Å². The number of sulfone groups is 1. The zero-order valence-corrected chi connectivity index (χ0v) is 19.1. The van der Waals surface area contributed by atoms with Crippen molar-refractivity contribution >= 4 is 39.2 Å². The second-order valence-corrected chi connectivity index (χ2v) is 9.91. The van der Waals surface area contributed by atoms with Crippen LogP contribution in [0.5, 0.6) is 0 Å². The van der Waals surface area contributed by atoms with Crippen LogP contribution in [0.25, 0.3) is 22.4 Å². The summed E-state index contributed by atoms with van der Waals surface area (Å²) in [6, 6.07) is 14.3. The summed E-state index contributed by atoms with van der Waals surface area (Å²) in [5.41, 5.74) is 3.70. The second-order valence-electron chi connectivity index (χ2n) is 6.71. The summed E-state index contributed by atoms with van der Waals surface area (Å²) in [6.07, 6.45) is 3.03. The lowest BCUT2D eigenvalue weighted by Gasteiger charge is -2.10. The van der Waals surface area contributed by atoms with E-state index in [2.05, 4.69) is 5.10 Å². The van der Waals surface area contributed by atoms with Gasteiger partial charge in [-0.3, -0.25) is 9.48 Å². The van der Waals surface area contributed by atoms with E-state index < -0.39 is 9.84 Å². The third-order valence-corrected chi connectivity index (χ3v) is 6.34. The summed E-state index contributed by atoms with van der Waals surface area (Å²) in [4.78, 5) is 12.3. The van der Waals surface area contributed by atoms with E-state index >= 15 is 0 Å². The van der Waals surface area contributed by atoms with Gasteiger partial charge in [-0.05, 0) is 36.4 Å². The smallest absolute Gasteiger partial charge is 0.328 e. The first-order chi connectivity index (χ1) is 14.2. The highest BCUT2D eigenvalue weighted by Crippen LogP contribution is 2.32. The molecule has 0 N–H and O–H groups in total. The van der Waals surface area contributed by atoms with Gasteiger partial charge >= 0.3 is 5.97 Å². The van der Waals surface area contributed by atoms with Crippen molar-refractivity contribution in [2.75, 3.05) is 18.5 Å². The number of aryl methyl sites for hydroxylation is 1. The highest BCUT2D eigenvalue weighted by atomic mass is 35.5. The lowest BCUT2D eigenvalue weighted by molar-refractivity contribution is -0.142. The summed E-state index contributed by atoms with van der Waals surface area (Å²) in [7, 11) is -3.29. The maximum absolute atomic E-state index is 12.0. The van der Waals surface area contributed by atoms with Crippen molar-refractivity contribution < 1.29 is 17.9 Å². The largest absolute Gasteiger partial charge is 0.453 e. The Balaban J connectivity index is 1.93. The third-order valence-electron chi connectivity index (χ3n) is 4.42. The Morgan fingerprint density at radius 1 is 1.13 bits per heavy atom. The molecule has 2 aromatic carbocycles. The minimum absolute atomic E-state index is 0.0401. The number of carbonyl (C=O) groups is 1. The van der Waals surface area contributed by atoms with Gasteiger partial charge in [-0.15, -0.1) is 11.8 Å². The minimum Gasteiger partial charge on any atom is -0.453 e. The first-order valence-corrected chi connectivity index (χ1v) is 12.7. The summed E-state index contributed by atoms with van der Waals surface area (Å²) < 4.78 is 30.3. The van der Waals surface area contributed by atoms with Crippen molar-refractivity contribution in [3.63, 3.8) is 0 Å². The Morgan fingerprint density at radius 2 is 1.80 bits per heavy atom. The predicted molar refractivity (Wildman–Crippen MR) is 120 cm³/mol. The number of esters is 1. The van der Waals surface area contributed by atoms with Crippen LogP contribution < -0.4 is 0 Å². The molecule has 0 saturated carbocycles. The van der Waals surface area contributed by atoms with E-state index in [4.69, 9.17) is 16.3 Å². The minimum atomic E-state index is -3.29. The van der Waals surface area contributed by atoms with Gasteiger partial charge in [0.2, 0.25) is 0 Å². The molecule has 3 rings (SSSR count). The molecule has 9 heteroatoms. The number of hydrogen-bond donors (Lipinski definition) is 0. The van der Waals surface area contributed by atoms with Gasteiger partial charge in [0.25, 0.3) is 0 Å². The number of ether oxygens (including phenoxy) is 1. The van der Waals surface area contributed by atoms with Crippen molar-refractivity contribution in [3.05, 3.63) is 59.2 Å². The molecule has 0 unspecified atom stereocenters.